The minimum Gasteiger partial charge on any atom is -0.323 e. The Labute approximate surface area is 80.7 Å². The molecule has 1 aromatic rings. The maximum absolute atomic E-state index is 13.1. The van der Waals surface area contributed by atoms with Gasteiger partial charge in [0, 0.05) is 28.7 Å². The molecule has 0 aliphatic heterocycles. The predicted molar refractivity (Wildman–Crippen MR) is 51.8 cm³/mol. The molecule has 0 amide bonds. The lowest BCUT2D eigenvalue weighted by atomic mass is 9.92. The van der Waals surface area contributed by atoms with E-state index in [1.165, 1.54) is 6.07 Å². The van der Waals surface area contributed by atoms with Crippen LogP contribution in [0.4, 0.5) is 4.39 Å². The van der Waals surface area contributed by atoms with E-state index in [0.717, 1.165) is 10.2 Å². The van der Waals surface area contributed by atoms with E-state index in [-0.39, 0.29) is 11.4 Å². The summed E-state index contributed by atoms with van der Waals surface area (Å²) in [7, 11) is 1.74. The van der Waals surface area contributed by atoms with Crippen molar-refractivity contribution in [1.29, 1.82) is 0 Å². The normalized spacial score (nSPS) is 12.2. The summed E-state index contributed by atoms with van der Waals surface area (Å²) in [5.74, 6) is -0.202. The Hall–Kier alpha value is -0.310. The average Bonchev–Trinajstić information content (AvgIpc) is 2.05. The molecule has 0 unspecified atom stereocenters. The van der Waals surface area contributed by atoms with Crippen LogP contribution in [0.25, 0.3) is 0 Å². The molecule has 0 bridgehead atoms. The molecule has 0 saturated heterocycles. The second-order valence-corrected chi connectivity index (χ2v) is 4.83. The fourth-order valence-corrected chi connectivity index (χ4v) is 2.45. The van der Waals surface area contributed by atoms with Crippen LogP contribution >= 0.6 is 15.9 Å². The second-order valence-electron chi connectivity index (χ2n) is 3.97. The van der Waals surface area contributed by atoms with E-state index in [4.69, 9.17) is 0 Å². The molecule has 1 nitrogen and oxygen atoms in total. The summed E-state index contributed by atoms with van der Waals surface area (Å²) in [6.07, 6.45) is 0. The first kappa shape index (κ1) is 9.78. The summed E-state index contributed by atoms with van der Waals surface area (Å²) in [6.45, 7) is 6.19. The lowest BCUT2D eigenvalue weighted by molar-refractivity contribution is 0.478. The minimum absolute atomic E-state index is 0.0298. The molecule has 0 spiro atoms. The van der Waals surface area contributed by atoms with Crippen LogP contribution in [-0.4, -0.2) is 4.57 Å². The zero-order valence-electron chi connectivity index (χ0n) is 7.78. The molecule has 0 aliphatic carbocycles. The molecule has 1 aromatic heterocycles. The van der Waals surface area contributed by atoms with Gasteiger partial charge >= 0.3 is 0 Å². The van der Waals surface area contributed by atoms with Gasteiger partial charge in [0.15, 0.2) is 5.95 Å². The lowest BCUT2D eigenvalue weighted by Gasteiger charge is -2.20. The van der Waals surface area contributed by atoms with Crippen molar-refractivity contribution >= 4 is 15.9 Å². The van der Waals surface area contributed by atoms with Gasteiger partial charge in [-0.25, -0.2) is 0 Å². The van der Waals surface area contributed by atoms with E-state index in [2.05, 4.69) is 36.7 Å². The standard InChI is InChI=1S/C9H13BrFN/c1-9(2,3)8-6(10)5-7(11)12(8)4/h5H,1-4H3. The van der Waals surface area contributed by atoms with Crippen molar-refractivity contribution in [3.63, 3.8) is 0 Å². The molecule has 12 heavy (non-hydrogen) atoms. The quantitative estimate of drug-likeness (QED) is 0.649. The van der Waals surface area contributed by atoms with E-state index in [0.29, 0.717) is 0 Å². The van der Waals surface area contributed by atoms with Gasteiger partial charge in [0.05, 0.1) is 0 Å². The first-order valence-electron chi connectivity index (χ1n) is 3.85. The van der Waals surface area contributed by atoms with Crippen molar-refractivity contribution < 1.29 is 4.39 Å². The van der Waals surface area contributed by atoms with Gasteiger partial charge in [0.2, 0.25) is 0 Å². The van der Waals surface area contributed by atoms with Crippen LogP contribution in [0.15, 0.2) is 10.5 Å². The Balaban J connectivity index is 3.32. The Morgan fingerprint density at radius 2 is 1.92 bits per heavy atom. The highest BCUT2D eigenvalue weighted by Crippen LogP contribution is 2.31. The Morgan fingerprint density at radius 3 is 2.08 bits per heavy atom. The molecular weight excluding hydrogens is 221 g/mol. The van der Waals surface area contributed by atoms with E-state index in [1.807, 2.05) is 0 Å². The molecule has 0 saturated carbocycles. The van der Waals surface area contributed by atoms with Crippen LogP contribution in [0.3, 0.4) is 0 Å². The van der Waals surface area contributed by atoms with Crippen LogP contribution in [0.1, 0.15) is 26.5 Å². The van der Waals surface area contributed by atoms with Gasteiger partial charge in [-0.1, -0.05) is 20.8 Å². The molecule has 3 heteroatoms. The maximum atomic E-state index is 13.1. The van der Waals surface area contributed by atoms with E-state index in [9.17, 15) is 4.39 Å². The third kappa shape index (κ3) is 1.56. The van der Waals surface area contributed by atoms with Crippen molar-refractivity contribution in [1.82, 2.24) is 4.57 Å². The summed E-state index contributed by atoms with van der Waals surface area (Å²) >= 11 is 3.34. The second kappa shape index (κ2) is 2.87. The number of halogens is 2. The Kier molecular flexibility index (Phi) is 2.34. The molecule has 0 radical (unpaired) electrons. The third-order valence-corrected chi connectivity index (χ3v) is 2.44. The molecule has 0 fully saturated rings. The number of nitrogens with zero attached hydrogens (tertiary/aromatic N) is 1. The van der Waals surface area contributed by atoms with E-state index < -0.39 is 0 Å². The third-order valence-electron chi connectivity index (χ3n) is 1.84. The minimum atomic E-state index is -0.202. The molecule has 0 aliphatic rings. The summed E-state index contributed by atoms with van der Waals surface area (Å²) < 4.78 is 15.5. The van der Waals surface area contributed by atoms with Crippen LogP contribution < -0.4 is 0 Å². The van der Waals surface area contributed by atoms with Crippen molar-refractivity contribution in [2.75, 3.05) is 0 Å². The summed E-state index contributed by atoms with van der Waals surface area (Å²) in [4.78, 5) is 0. The summed E-state index contributed by atoms with van der Waals surface area (Å²) in [5, 5.41) is 0. The zero-order valence-corrected chi connectivity index (χ0v) is 9.37. The average molecular weight is 234 g/mol. The van der Waals surface area contributed by atoms with Crippen molar-refractivity contribution in [3.05, 3.63) is 22.2 Å². The number of rotatable bonds is 0. The predicted octanol–water partition coefficient (Wildman–Crippen LogP) is 3.22. The topological polar surface area (TPSA) is 4.93 Å². The van der Waals surface area contributed by atoms with Gasteiger partial charge in [-0.05, 0) is 15.9 Å². The highest BCUT2D eigenvalue weighted by Gasteiger charge is 2.22. The molecule has 0 atom stereocenters. The van der Waals surface area contributed by atoms with Crippen LogP contribution in [0.5, 0.6) is 0 Å². The van der Waals surface area contributed by atoms with Crippen molar-refractivity contribution in [2.24, 2.45) is 7.05 Å². The number of hydrogen-bond donors (Lipinski definition) is 0. The highest BCUT2D eigenvalue weighted by molar-refractivity contribution is 9.10. The van der Waals surface area contributed by atoms with Crippen molar-refractivity contribution in [3.8, 4) is 0 Å². The zero-order chi connectivity index (χ0) is 9.52. The summed E-state index contributed by atoms with van der Waals surface area (Å²) in [6, 6.07) is 1.50. The molecular formula is C9H13BrFN. The molecule has 0 N–H and O–H groups in total. The van der Waals surface area contributed by atoms with Gasteiger partial charge in [0.1, 0.15) is 0 Å². The molecule has 1 rings (SSSR count). The van der Waals surface area contributed by atoms with Gasteiger partial charge in [-0.3, -0.25) is 0 Å². The maximum Gasteiger partial charge on any atom is 0.194 e. The smallest absolute Gasteiger partial charge is 0.194 e. The van der Waals surface area contributed by atoms with Gasteiger partial charge < -0.3 is 4.57 Å². The number of hydrogen-bond acceptors (Lipinski definition) is 0. The van der Waals surface area contributed by atoms with Crippen molar-refractivity contribution in [2.45, 2.75) is 26.2 Å². The molecule has 0 aromatic carbocycles. The van der Waals surface area contributed by atoms with E-state index in [1.54, 1.807) is 11.6 Å². The fourth-order valence-electron chi connectivity index (χ4n) is 1.40. The highest BCUT2D eigenvalue weighted by atomic mass is 79.9. The monoisotopic (exact) mass is 233 g/mol. The van der Waals surface area contributed by atoms with Gasteiger partial charge in [0.25, 0.3) is 0 Å². The molecule has 68 valence electrons. The summed E-state index contributed by atoms with van der Waals surface area (Å²) in [5.41, 5.74) is 0.956. The van der Waals surface area contributed by atoms with Crippen LogP contribution in [0.2, 0.25) is 0 Å². The van der Waals surface area contributed by atoms with Crippen LogP contribution in [0, 0.1) is 5.95 Å². The fraction of sp³-hybridized carbons (Fsp3) is 0.556. The SMILES string of the molecule is Cn1c(F)cc(Br)c1C(C)(C)C. The molecule has 1 heterocycles. The van der Waals surface area contributed by atoms with Gasteiger partial charge in [-0.15, -0.1) is 0 Å². The lowest BCUT2D eigenvalue weighted by Crippen LogP contribution is -2.17. The Bertz CT molecular complexity index is 296. The first-order chi connectivity index (χ1) is 5.34. The van der Waals surface area contributed by atoms with Gasteiger partial charge in [-0.2, -0.15) is 4.39 Å². The largest absolute Gasteiger partial charge is 0.323 e. The van der Waals surface area contributed by atoms with Crippen LogP contribution in [-0.2, 0) is 12.5 Å². The first-order valence-corrected chi connectivity index (χ1v) is 4.64. The number of aromatic nitrogens is 1. The Morgan fingerprint density at radius 1 is 1.42 bits per heavy atom. The van der Waals surface area contributed by atoms with E-state index >= 15 is 0 Å².